The summed E-state index contributed by atoms with van der Waals surface area (Å²) in [5.74, 6) is -0.602. The number of nitrogens with zero attached hydrogens (tertiary/aromatic N) is 4. The van der Waals surface area contributed by atoms with E-state index in [1.54, 1.807) is 0 Å². The van der Waals surface area contributed by atoms with Crippen molar-refractivity contribution in [3.05, 3.63) is 46.0 Å². The molecule has 0 saturated heterocycles. The molecule has 7 nitrogen and oxygen atoms in total. The molecule has 0 spiro atoms. The molecule has 18 heavy (non-hydrogen) atoms. The molecule has 2 aromatic rings. The number of benzene rings is 1. The van der Waals surface area contributed by atoms with Gasteiger partial charge in [-0.05, 0) is 6.07 Å². The van der Waals surface area contributed by atoms with Gasteiger partial charge in [-0.1, -0.05) is 5.21 Å². The third-order valence-corrected chi connectivity index (χ3v) is 2.29. The van der Waals surface area contributed by atoms with Gasteiger partial charge in [0.2, 0.25) is 0 Å². The molecule has 0 aliphatic carbocycles. The molecule has 94 valence electrons. The molecule has 1 aromatic carbocycles. The quantitative estimate of drug-likeness (QED) is 0.643. The van der Waals surface area contributed by atoms with Gasteiger partial charge in [-0.25, -0.2) is 9.07 Å². The van der Waals surface area contributed by atoms with Gasteiger partial charge < -0.3 is 5.11 Å². The molecule has 0 amide bonds. The van der Waals surface area contributed by atoms with Crippen molar-refractivity contribution in [2.24, 2.45) is 0 Å². The molecule has 0 saturated carbocycles. The maximum absolute atomic E-state index is 13.1. The van der Waals surface area contributed by atoms with Crippen LogP contribution in [0.5, 0.6) is 0 Å². The number of hydrogen-bond donors (Lipinski definition) is 1. The smallest absolute Gasteiger partial charge is 0.295 e. The van der Waals surface area contributed by atoms with Gasteiger partial charge in [0.15, 0.2) is 0 Å². The van der Waals surface area contributed by atoms with E-state index in [0.29, 0.717) is 5.69 Å². The van der Waals surface area contributed by atoms with Gasteiger partial charge in [-0.3, -0.25) is 10.1 Å². The van der Waals surface area contributed by atoms with E-state index in [9.17, 15) is 14.5 Å². The molecule has 0 aliphatic rings. The third kappa shape index (κ3) is 2.33. The van der Waals surface area contributed by atoms with E-state index in [1.807, 2.05) is 0 Å². The topological polar surface area (TPSA) is 94.1 Å². The molecule has 0 bridgehead atoms. The first-order valence-corrected chi connectivity index (χ1v) is 5.08. The largest absolute Gasteiger partial charge is 0.396 e. The molecule has 0 atom stereocenters. The lowest BCUT2D eigenvalue weighted by Gasteiger charge is -2.01. The highest BCUT2D eigenvalue weighted by molar-refractivity contribution is 5.51. The van der Waals surface area contributed by atoms with Crippen LogP contribution in [0.3, 0.4) is 0 Å². The van der Waals surface area contributed by atoms with E-state index in [1.165, 1.54) is 6.20 Å². The normalized spacial score (nSPS) is 10.6. The number of rotatable bonds is 4. The summed E-state index contributed by atoms with van der Waals surface area (Å²) in [6, 6.07) is 3.08. The lowest BCUT2D eigenvalue weighted by Crippen LogP contribution is -2.01. The number of aliphatic hydroxyl groups is 1. The Morgan fingerprint density at radius 2 is 2.28 bits per heavy atom. The molecule has 0 aliphatic heterocycles. The van der Waals surface area contributed by atoms with Crippen LogP contribution in [-0.2, 0) is 6.42 Å². The Morgan fingerprint density at radius 1 is 1.50 bits per heavy atom. The lowest BCUT2D eigenvalue weighted by atomic mass is 10.2. The summed E-state index contributed by atoms with van der Waals surface area (Å²) in [6.45, 7) is -0.107. The second-order valence-electron chi connectivity index (χ2n) is 3.52. The monoisotopic (exact) mass is 252 g/mol. The summed E-state index contributed by atoms with van der Waals surface area (Å²) in [5, 5.41) is 27.0. The SMILES string of the molecule is O=[N+]([O-])c1ccc(F)cc1-n1cc(CCO)nn1. The van der Waals surface area contributed by atoms with Crippen molar-refractivity contribution >= 4 is 5.69 Å². The summed E-state index contributed by atoms with van der Waals surface area (Å²) in [4.78, 5) is 10.2. The lowest BCUT2D eigenvalue weighted by molar-refractivity contribution is -0.384. The highest BCUT2D eigenvalue weighted by Gasteiger charge is 2.17. The Balaban J connectivity index is 2.47. The van der Waals surface area contributed by atoms with Crippen LogP contribution in [0.2, 0.25) is 0 Å². The predicted octanol–water partition coefficient (Wildman–Crippen LogP) is 0.849. The highest BCUT2D eigenvalue weighted by Crippen LogP contribution is 2.22. The molecule has 1 N–H and O–H groups in total. The zero-order chi connectivity index (χ0) is 13.1. The van der Waals surface area contributed by atoms with Crippen LogP contribution in [0.1, 0.15) is 5.69 Å². The van der Waals surface area contributed by atoms with Crippen molar-refractivity contribution in [2.75, 3.05) is 6.61 Å². The average molecular weight is 252 g/mol. The highest BCUT2D eigenvalue weighted by atomic mass is 19.1. The second-order valence-corrected chi connectivity index (χ2v) is 3.52. The van der Waals surface area contributed by atoms with Crippen LogP contribution in [0, 0.1) is 15.9 Å². The van der Waals surface area contributed by atoms with Gasteiger partial charge >= 0.3 is 0 Å². The first-order chi connectivity index (χ1) is 8.61. The van der Waals surface area contributed by atoms with Crippen LogP contribution < -0.4 is 0 Å². The minimum Gasteiger partial charge on any atom is -0.396 e. The molecule has 1 aromatic heterocycles. The summed E-state index contributed by atoms with van der Waals surface area (Å²) in [7, 11) is 0. The second kappa shape index (κ2) is 4.88. The van der Waals surface area contributed by atoms with Crippen LogP contribution in [0.25, 0.3) is 5.69 Å². The zero-order valence-corrected chi connectivity index (χ0v) is 9.15. The van der Waals surface area contributed by atoms with Crippen LogP contribution in [-0.4, -0.2) is 31.6 Å². The summed E-state index contributed by atoms with van der Waals surface area (Å²) in [5.41, 5.74) is 0.199. The average Bonchev–Trinajstić information content (AvgIpc) is 2.77. The van der Waals surface area contributed by atoms with Crippen molar-refractivity contribution < 1.29 is 14.4 Å². The molecule has 0 radical (unpaired) electrons. The Labute approximate surface area is 101 Å². The van der Waals surface area contributed by atoms with E-state index < -0.39 is 10.7 Å². The number of hydrogen-bond acceptors (Lipinski definition) is 5. The molecule has 1 heterocycles. The fourth-order valence-electron chi connectivity index (χ4n) is 1.48. The van der Waals surface area contributed by atoms with Crippen molar-refractivity contribution in [3.8, 4) is 5.69 Å². The minimum absolute atomic E-state index is 0.00307. The standard InChI is InChI=1S/C10H9FN4O3/c11-7-1-2-9(15(17)18)10(5-7)14-6-8(3-4-16)12-13-14/h1-2,5-6,16H,3-4H2. The predicted molar refractivity (Wildman–Crippen MR) is 58.8 cm³/mol. The molecule has 8 heteroatoms. The van der Waals surface area contributed by atoms with E-state index in [4.69, 9.17) is 5.11 Å². The van der Waals surface area contributed by atoms with Crippen molar-refractivity contribution in [2.45, 2.75) is 6.42 Å². The van der Waals surface area contributed by atoms with Crippen molar-refractivity contribution in [1.82, 2.24) is 15.0 Å². The van der Waals surface area contributed by atoms with Gasteiger partial charge in [0, 0.05) is 25.2 Å². The summed E-state index contributed by atoms with van der Waals surface area (Å²) >= 11 is 0. The van der Waals surface area contributed by atoms with Crippen LogP contribution in [0.15, 0.2) is 24.4 Å². The Kier molecular flexibility index (Phi) is 3.28. The summed E-state index contributed by atoms with van der Waals surface area (Å²) in [6.07, 6.45) is 1.70. The Morgan fingerprint density at radius 3 is 2.94 bits per heavy atom. The van der Waals surface area contributed by atoms with Crippen LogP contribution >= 0.6 is 0 Å². The zero-order valence-electron chi connectivity index (χ0n) is 9.15. The molecular weight excluding hydrogens is 243 g/mol. The first-order valence-electron chi connectivity index (χ1n) is 5.08. The third-order valence-electron chi connectivity index (χ3n) is 2.29. The minimum atomic E-state index is -0.623. The Bertz CT molecular complexity index is 584. The number of nitro groups is 1. The van der Waals surface area contributed by atoms with E-state index in [0.717, 1.165) is 22.9 Å². The molecule has 0 unspecified atom stereocenters. The first kappa shape index (κ1) is 12.1. The molecule has 0 fully saturated rings. The number of aliphatic hydroxyl groups excluding tert-OH is 1. The van der Waals surface area contributed by atoms with Crippen molar-refractivity contribution in [3.63, 3.8) is 0 Å². The van der Waals surface area contributed by atoms with Gasteiger partial charge in [0.1, 0.15) is 11.5 Å². The Hall–Kier alpha value is -2.35. The number of aromatic nitrogens is 3. The number of halogens is 1. The fraction of sp³-hybridized carbons (Fsp3) is 0.200. The van der Waals surface area contributed by atoms with Crippen molar-refractivity contribution in [1.29, 1.82) is 0 Å². The van der Waals surface area contributed by atoms with Gasteiger partial charge in [-0.2, -0.15) is 0 Å². The molecular formula is C10H9FN4O3. The van der Waals surface area contributed by atoms with Gasteiger partial charge in [-0.15, -0.1) is 5.10 Å². The maximum atomic E-state index is 13.1. The summed E-state index contributed by atoms with van der Waals surface area (Å²) < 4.78 is 14.2. The fourth-order valence-corrected chi connectivity index (χ4v) is 1.48. The van der Waals surface area contributed by atoms with E-state index in [2.05, 4.69) is 10.3 Å². The van der Waals surface area contributed by atoms with Crippen LogP contribution in [0.4, 0.5) is 10.1 Å². The van der Waals surface area contributed by atoms with Gasteiger partial charge in [0.25, 0.3) is 5.69 Å². The van der Waals surface area contributed by atoms with E-state index >= 15 is 0 Å². The maximum Gasteiger partial charge on any atom is 0.295 e. The number of nitro benzene ring substituents is 1. The van der Waals surface area contributed by atoms with E-state index in [-0.39, 0.29) is 24.4 Å². The molecule has 2 rings (SSSR count). The van der Waals surface area contributed by atoms with Gasteiger partial charge in [0.05, 0.1) is 16.8 Å².